The van der Waals surface area contributed by atoms with Crippen LogP contribution in [0.2, 0.25) is 0 Å². The Morgan fingerprint density at radius 3 is 2.25 bits per heavy atom. The Labute approximate surface area is 128 Å². The summed E-state index contributed by atoms with van der Waals surface area (Å²) < 4.78 is 103. The molecule has 12 heteroatoms. The SMILES string of the molecule is Nc1ccc(Cn2nc(C(F)(F)C(F)F)nc2C(F)(F)F)c(F)c1. The maximum Gasteiger partial charge on any atom is 0.451 e. The predicted molar refractivity (Wildman–Crippen MR) is 64.8 cm³/mol. The molecule has 2 N–H and O–H groups in total. The molecule has 0 aliphatic rings. The molecule has 2 aromatic rings. The fraction of sp³-hybridized carbons (Fsp3) is 0.333. The molecule has 0 fully saturated rings. The molecule has 1 aromatic carbocycles. The first-order valence-corrected chi connectivity index (χ1v) is 6.15. The normalized spacial score (nSPS) is 12.9. The van der Waals surface area contributed by atoms with Gasteiger partial charge in [0.25, 0.3) is 0 Å². The van der Waals surface area contributed by atoms with Gasteiger partial charge in [-0.2, -0.15) is 22.0 Å². The van der Waals surface area contributed by atoms with Gasteiger partial charge >= 0.3 is 18.5 Å². The third kappa shape index (κ3) is 3.41. The number of alkyl halides is 7. The molecule has 0 spiro atoms. The third-order valence-corrected chi connectivity index (χ3v) is 2.89. The average Bonchev–Trinajstić information content (AvgIpc) is 2.86. The summed E-state index contributed by atoms with van der Waals surface area (Å²) in [4.78, 5) is 2.47. The van der Waals surface area contributed by atoms with Gasteiger partial charge in [0.1, 0.15) is 5.82 Å². The first kappa shape index (κ1) is 17.9. The van der Waals surface area contributed by atoms with Crippen molar-refractivity contribution in [1.29, 1.82) is 0 Å². The standard InChI is InChI=1S/C12H8F8N4/c13-7-3-6(21)2-1-5(7)4-24-10(12(18,19)20)22-9(23-24)11(16,17)8(14)15/h1-3,8H,4,21H2. The number of rotatable bonds is 4. The van der Waals surface area contributed by atoms with E-state index in [0.717, 1.165) is 18.2 Å². The quantitative estimate of drug-likeness (QED) is 0.672. The van der Waals surface area contributed by atoms with Crippen molar-refractivity contribution in [1.82, 2.24) is 14.8 Å². The van der Waals surface area contributed by atoms with Crippen LogP contribution in [-0.2, 0) is 18.6 Å². The van der Waals surface area contributed by atoms with Crippen LogP contribution in [-0.4, -0.2) is 21.2 Å². The van der Waals surface area contributed by atoms with E-state index in [1.807, 2.05) is 0 Å². The summed E-state index contributed by atoms with van der Waals surface area (Å²) in [6.45, 7) is -0.951. The highest BCUT2D eigenvalue weighted by Gasteiger charge is 2.49. The second-order valence-corrected chi connectivity index (χ2v) is 4.69. The molecule has 0 amide bonds. The third-order valence-electron chi connectivity index (χ3n) is 2.89. The van der Waals surface area contributed by atoms with Crippen LogP contribution >= 0.6 is 0 Å². The fourth-order valence-corrected chi connectivity index (χ4v) is 1.75. The Morgan fingerprint density at radius 1 is 1.12 bits per heavy atom. The largest absolute Gasteiger partial charge is 0.451 e. The Kier molecular flexibility index (Phi) is 4.42. The van der Waals surface area contributed by atoms with Crippen molar-refractivity contribution in [2.75, 3.05) is 5.73 Å². The molecule has 0 aliphatic heterocycles. The van der Waals surface area contributed by atoms with Gasteiger partial charge in [-0.3, -0.25) is 0 Å². The lowest BCUT2D eigenvalue weighted by Gasteiger charge is -2.10. The van der Waals surface area contributed by atoms with E-state index in [2.05, 4.69) is 10.1 Å². The molecule has 1 heterocycles. The molecule has 0 saturated carbocycles. The maximum absolute atomic E-state index is 13.6. The highest BCUT2D eigenvalue weighted by molar-refractivity contribution is 5.40. The average molecular weight is 360 g/mol. The molecule has 24 heavy (non-hydrogen) atoms. The van der Waals surface area contributed by atoms with Crippen LogP contribution in [0, 0.1) is 5.82 Å². The van der Waals surface area contributed by atoms with Crippen molar-refractivity contribution in [3.05, 3.63) is 41.2 Å². The maximum atomic E-state index is 13.6. The molecule has 0 unspecified atom stereocenters. The van der Waals surface area contributed by atoms with E-state index in [9.17, 15) is 35.1 Å². The fourth-order valence-electron chi connectivity index (χ4n) is 1.75. The molecule has 0 aliphatic carbocycles. The van der Waals surface area contributed by atoms with Gasteiger partial charge in [-0.05, 0) is 12.1 Å². The lowest BCUT2D eigenvalue weighted by molar-refractivity contribution is -0.149. The van der Waals surface area contributed by atoms with Gasteiger partial charge < -0.3 is 5.73 Å². The van der Waals surface area contributed by atoms with E-state index in [0.29, 0.717) is 0 Å². The monoisotopic (exact) mass is 360 g/mol. The zero-order valence-electron chi connectivity index (χ0n) is 11.5. The van der Waals surface area contributed by atoms with Crippen molar-refractivity contribution in [3.8, 4) is 0 Å². The number of nitrogens with zero attached hydrogens (tertiary/aromatic N) is 3. The van der Waals surface area contributed by atoms with Gasteiger partial charge in [-0.25, -0.2) is 22.8 Å². The number of anilines is 1. The van der Waals surface area contributed by atoms with Crippen LogP contribution in [0.15, 0.2) is 18.2 Å². The molecule has 0 radical (unpaired) electrons. The molecule has 0 atom stereocenters. The molecule has 1 aromatic heterocycles. The van der Waals surface area contributed by atoms with Crippen LogP contribution in [0.4, 0.5) is 40.8 Å². The number of hydrogen-bond acceptors (Lipinski definition) is 3. The highest BCUT2D eigenvalue weighted by atomic mass is 19.4. The van der Waals surface area contributed by atoms with E-state index < -0.39 is 42.5 Å². The molecule has 0 saturated heterocycles. The van der Waals surface area contributed by atoms with Crippen molar-refractivity contribution in [2.24, 2.45) is 0 Å². The minimum atomic E-state index is -5.26. The van der Waals surface area contributed by atoms with Gasteiger partial charge in [-0.1, -0.05) is 6.07 Å². The van der Waals surface area contributed by atoms with Gasteiger partial charge in [0.05, 0.1) is 6.54 Å². The highest BCUT2D eigenvalue weighted by Crippen LogP contribution is 2.35. The van der Waals surface area contributed by atoms with Crippen LogP contribution in [0.25, 0.3) is 0 Å². The molecular weight excluding hydrogens is 352 g/mol. The lowest BCUT2D eigenvalue weighted by Crippen LogP contribution is -2.25. The number of hydrogen-bond donors (Lipinski definition) is 1. The van der Waals surface area contributed by atoms with Crippen LogP contribution in [0.1, 0.15) is 17.2 Å². The second kappa shape index (κ2) is 5.91. The molecule has 4 nitrogen and oxygen atoms in total. The van der Waals surface area contributed by atoms with E-state index >= 15 is 0 Å². The van der Waals surface area contributed by atoms with E-state index in [4.69, 9.17) is 5.73 Å². The smallest absolute Gasteiger partial charge is 0.399 e. The van der Waals surface area contributed by atoms with Gasteiger partial charge in [0.2, 0.25) is 11.6 Å². The van der Waals surface area contributed by atoms with Crippen LogP contribution in [0.3, 0.4) is 0 Å². The zero-order chi connectivity index (χ0) is 18.3. The van der Waals surface area contributed by atoms with E-state index in [1.165, 1.54) is 0 Å². The summed E-state index contributed by atoms with van der Waals surface area (Å²) in [5.74, 6) is -9.94. The summed E-state index contributed by atoms with van der Waals surface area (Å²) in [5.41, 5.74) is 4.89. The summed E-state index contributed by atoms with van der Waals surface area (Å²) in [5, 5.41) is 2.79. The van der Waals surface area contributed by atoms with E-state index in [-0.39, 0.29) is 15.9 Å². The first-order chi connectivity index (χ1) is 10.9. The minimum absolute atomic E-state index is 0.0178. The van der Waals surface area contributed by atoms with Crippen molar-refractivity contribution >= 4 is 5.69 Å². The molecular formula is C12H8F8N4. The van der Waals surface area contributed by atoms with Crippen molar-refractivity contribution in [3.63, 3.8) is 0 Å². The first-order valence-electron chi connectivity index (χ1n) is 6.15. The van der Waals surface area contributed by atoms with Gasteiger partial charge in [-0.15, -0.1) is 5.10 Å². The van der Waals surface area contributed by atoms with Crippen molar-refractivity contribution < 1.29 is 35.1 Å². The van der Waals surface area contributed by atoms with Crippen LogP contribution < -0.4 is 5.73 Å². The Bertz CT molecular complexity index is 737. The predicted octanol–water partition coefficient (Wildman–Crippen LogP) is 3.42. The minimum Gasteiger partial charge on any atom is -0.399 e. The number of halogens is 8. The molecule has 132 valence electrons. The number of aromatic nitrogens is 3. The summed E-state index contributed by atoms with van der Waals surface area (Å²) in [6, 6.07) is 2.98. The van der Waals surface area contributed by atoms with Gasteiger partial charge in [0.15, 0.2) is 0 Å². The Hall–Kier alpha value is -2.40. The topological polar surface area (TPSA) is 56.7 Å². The Morgan fingerprint density at radius 2 is 1.75 bits per heavy atom. The van der Waals surface area contributed by atoms with E-state index in [1.54, 1.807) is 0 Å². The molecule has 2 rings (SSSR count). The Balaban J connectivity index is 2.50. The summed E-state index contributed by atoms with van der Waals surface area (Å²) in [7, 11) is 0. The van der Waals surface area contributed by atoms with Crippen molar-refractivity contribution in [2.45, 2.75) is 25.1 Å². The second-order valence-electron chi connectivity index (χ2n) is 4.69. The number of nitrogens with two attached hydrogens (primary N) is 1. The zero-order valence-corrected chi connectivity index (χ0v) is 11.5. The summed E-state index contributed by atoms with van der Waals surface area (Å²) in [6.07, 6.45) is -9.56. The van der Waals surface area contributed by atoms with Crippen LogP contribution in [0.5, 0.6) is 0 Å². The van der Waals surface area contributed by atoms with Gasteiger partial charge in [0, 0.05) is 11.3 Å². The summed E-state index contributed by atoms with van der Waals surface area (Å²) >= 11 is 0. The number of nitrogen functional groups attached to an aromatic ring is 1. The molecule has 0 bridgehead atoms. The number of benzene rings is 1. The lowest BCUT2D eigenvalue weighted by atomic mass is 10.2.